The maximum atomic E-state index is 13.5. The molecule has 2 atom stereocenters. The minimum absolute atomic E-state index is 0.0499. The van der Waals surface area contributed by atoms with Crippen molar-refractivity contribution in [2.45, 2.75) is 38.0 Å². The molecule has 4 amide bonds. The second-order valence-electron chi connectivity index (χ2n) is 10.1. The Morgan fingerprint density at radius 2 is 1.74 bits per heavy atom. The Morgan fingerprint density at radius 3 is 2.54 bits per heavy atom. The summed E-state index contributed by atoms with van der Waals surface area (Å²) in [4.78, 5) is 53.6. The second kappa shape index (κ2) is 10.2. The molecule has 9 heteroatoms. The van der Waals surface area contributed by atoms with Gasteiger partial charge in [0.1, 0.15) is 17.9 Å². The zero-order valence-electron chi connectivity index (χ0n) is 21.1. The molecule has 198 valence electrons. The second-order valence-corrected chi connectivity index (χ2v) is 10.5. The van der Waals surface area contributed by atoms with Crippen LogP contribution in [0, 0.1) is 0 Å². The lowest BCUT2D eigenvalue weighted by atomic mass is 9.99. The molecule has 3 aromatic rings. The molecule has 1 N–H and O–H groups in total. The average molecular weight is 544 g/mol. The van der Waals surface area contributed by atoms with Gasteiger partial charge in [-0.1, -0.05) is 41.9 Å². The Balaban J connectivity index is 1.12. The first kappa shape index (κ1) is 25.1. The fourth-order valence-corrected chi connectivity index (χ4v) is 5.67. The molecule has 3 aliphatic heterocycles. The van der Waals surface area contributed by atoms with Crippen molar-refractivity contribution in [3.63, 3.8) is 0 Å². The van der Waals surface area contributed by atoms with E-state index in [4.69, 9.17) is 16.3 Å². The van der Waals surface area contributed by atoms with Crippen LogP contribution in [0.4, 0.5) is 0 Å². The summed E-state index contributed by atoms with van der Waals surface area (Å²) in [7, 11) is 0. The zero-order valence-corrected chi connectivity index (χ0v) is 21.8. The molecule has 2 unspecified atom stereocenters. The van der Waals surface area contributed by atoms with Crippen LogP contribution >= 0.6 is 11.6 Å². The molecule has 0 saturated carbocycles. The number of hydrogen-bond donors (Lipinski definition) is 1. The summed E-state index contributed by atoms with van der Waals surface area (Å²) in [5, 5.41) is 2.96. The van der Waals surface area contributed by atoms with Crippen LogP contribution in [-0.2, 0) is 16.1 Å². The van der Waals surface area contributed by atoms with Crippen molar-refractivity contribution in [3.05, 3.63) is 88.4 Å². The van der Waals surface area contributed by atoms with Gasteiger partial charge in [0.05, 0.1) is 6.54 Å². The smallest absolute Gasteiger partial charge is 0.255 e. The van der Waals surface area contributed by atoms with Crippen LogP contribution < -0.4 is 10.1 Å². The van der Waals surface area contributed by atoms with E-state index < -0.39 is 11.9 Å². The van der Waals surface area contributed by atoms with Gasteiger partial charge in [-0.25, -0.2) is 0 Å². The van der Waals surface area contributed by atoms with Gasteiger partial charge in [-0.2, -0.15) is 0 Å². The Morgan fingerprint density at radius 1 is 0.949 bits per heavy atom. The molecule has 3 aliphatic rings. The van der Waals surface area contributed by atoms with Crippen LogP contribution in [-0.4, -0.2) is 58.7 Å². The molecule has 6 rings (SSSR count). The van der Waals surface area contributed by atoms with Crippen LogP contribution in [0.3, 0.4) is 0 Å². The number of likely N-dealkylation sites (tertiary alicyclic amines) is 1. The van der Waals surface area contributed by atoms with Gasteiger partial charge in [0.25, 0.3) is 11.8 Å². The molecule has 0 bridgehead atoms. The normalized spacial score (nSPS) is 20.7. The topological polar surface area (TPSA) is 96.0 Å². The number of imide groups is 1. The number of nitrogens with zero attached hydrogens (tertiary/aromatic N) is 2. The predicted octanol–water partition coefficient (Wildman–Crippen LogP) is 4.06. The number of carbonyl (C=O) groups is 4. The van der Waals surface area contributed by atoms with E-state index in [0.717, 1.165) is 16.7 Å². The van der Waals surface area contributed by atoms with E-state index in [1.54, 1.807) is 17.0 Å². The maximum Gasteiger partial charge on any atom is 0.255 e. The number of fused-ring (bicyclic) bond motifs is 1. The molecule has 0 aliphatic carbocycles. The summed E-state index contributed by atoms with van der Waals surface area (Å²) >= 11 is 6.04. The number of halogens is 1. The van der Waals surface area contributed by atoms with Crippen LogP contribution in [0.2, 0.25) is 5.02 Å². The number of hydrogen-bond acceptors (Lipinski definition) is 5. The van der Waals surface area contributed by atoms with Crippen LogP contribution in [0.25, 0.3) is 11.1 Å². The van der Waals surface area contributed by atoms with Crippen LogP contribution in [0.15, 0.2) is 66.7 Å². The summed E-state index contributed by atoms with van der Waals surface area (Å²) in [6, 6.07) is 19.6. The van der Waals surface area contributed by atoms with Crippen LogP contribution in [0.5, 0.6) is 5.75 Å². The van der Waals surface area contributed by atoms with E-state index in [1.165, 1.54) is 4.90 Å². The van der Waals surface area contributed by atoms with Gasteiger partial charge in [-0.3, -0.25) is 24.5 Å². The molecule has 8 nitrogen and oxygen atoms in total. The number of nitrogens with one attached hydrogen (secondary N) is 1. The summed E-state index contributed by atoms with van der Waals surface area (Å²) < 4.78 is 6.23. The summed E-state index contributed by atoms with van der Waals surface area (Å²) in [6.07, 6.45) is 1.04. The number of benzene rings is 3. The number of amides is 4. The van der Waals surface area contributed by atoms with Crippen molar-refractivity contribution >= 4 is 35.2 Å². The molecule has 0 aromatic heterocycles. The number of rotatable bonds is 5. The lowest BCUT2D eigenvalue weighted by molar-refractivity contribution is -0.136. The SMILES string of the molecule is O=C1CCC(N2Cc3cc(OC4CCN(C(=O)c5ccccc5-c5ccc(Cl)cc5)C4)ccc3C2=O)C(=O)N1. The first-order valence-electron chi connectivity index (χ1n) is 13.0. The van der Waals surface area contributed by atoms with Gasteiger partial charge in [0.2, 0.25) is 11.8 Å². The average Bonchev–Trinajstić information content (AvgIpc) is 3.53. The Labute approximate surface area is 230 Å². The quantitative estimate of drug-likeness (QED) is 0.490. The highest BCUT2D eigenvalue weighted by Crippen LogP contribution is 2.32. The zero-order chi connectivity index (χ0) is 27.1. The fourth-order valence-electron chi connectivity index (χ4n) is 5.55. The lowest BCUT2D eigenvalue weighted by Crippen LogP contribution is -2.52. The third-order valence-corrected chi connectivity index (χ3v) is 7.79. The monoisotopic (exact) mass is 543 g/mol. The van der Waals surface area contributed by atoms with Gasteiger partial charge < -0.3 is 14.5 Å². The first-order chi connectivity index (χ1) is 18.9. The highest BCUT2D eigenvalue weighted by molar-refractivity contribution is 6.30. The van der Waals surface area contributed by atoms with Gasteiger partial charge in [0, 0.05) is 42.1 Å². The molecular weight excluding hydrogens is 518 g/mol. The van der Waals surface area contributed by atoms with E-state index in [0.29, 0.717) is 47.8 Å². The van der Waals surface area contributed by atoms with Crippen molar-refractivity contribution in [1.29, 1.82) is 0 Å². The lowest BCUT2D eigenvalue weighted by Gasteiger charge is -2.29. The van der Waals surface area contributed by atoms with Crippen molar-refractivity contribution in [3.8, 4) is 16.9 Å². The molecule has 0 radical (unpaired) electrons. The minimum Gasteiger partial charge on any atom is -0.489 e. The van der Waals surface area contributed by atoms with E-state index in [9.17, 15) is 19.2 Å². The Kier molecular flexibility index (Phi) is 6.56. The largest absolute Gasteiger partial charge is 0.489 e. The summed E-state index contributed by atoms with van der Waals surface area (Å²) in [5.41, 5.74) is 3.73. The van der Waals surface area contributed by atoms with Gasteiger partial charge in [-0.05, 0) is 59.5 Å². The van der Waals surface area contributed by atoms with Gasteiger partial charge in [-0.15, -0.1) is 0 Å². The standard InChI is InChI=1S/C30H26ClN3O5/c31-20-7-5-18(6-8-20)23-3-1-2-4-25(23)29(37)33-14-13-22(17-33)39-21-9-10-24-19(15-21)16-34(30(24)38)26-11-12-27(35)32-28(26)36/h1-10,15,22,26H,11-14,16-17H2,(H,32,35,36). The molecule has 2 fully saturated rings. The van der Waals surface area contributed by atoms with Crippen molar-refractivity contribution in [2.24, 2.45) is 0 Å². The molecular formula is C30H26ClN3O5. The van der Waals surface area contributed by atoms with Crippen molar-refractivity contribution in [2.75, 3.05) is 13.1 Å². The van der Waals surface area contributed by atoms with E-state index in [1.807, 2.05) is 54.6 Å². The van der Waals surface area contributed by atoms with E-state index >= 15 is 0 Å². The molecule has 0 spiro atoms. The predicted molar refractivity (Wildman–Crippen MR) is 144 cm³/mol. The highest BCUT2D eigenvalue weighted by atomic mass is 35.5. The number of piperidine rings is 1. The Hall–Kier alpha value is -4.17. The van der Waals surface area contributed by atoms with Crippen molar-refractivity contribution in [1.82, 2.24) is 15.1 Å². The minimum atomic E-state index is -0.655. The van der Waals surface area contributed by atoms with Crippen LogP contribution in [0.1, 0.15) is 45.5 Å². The van der Waals surface area contributed by atoms with E-state index in [-0.39, 0.29) is 36.8 Å². The Bertz CT molecular complexity index is 1490. The summed E-state index contributed by atoms with van der Waals surface area (Å²) in [6.45, 7) is 1.31. The number of carbonyl (C=O) groups excluding carboxylic acids is 4. The molecule has 2 saturated heterocycles. The maximum absolute atomic E-state index is 13.5. The molecule has 3 heterocycles. The first-order valence-corrected chi connectivity index (χ1v) is 13.3. The fraction of sp³-hybridized carbons (Fsp3) is 0.267. The van der Waals surface area contributed by atoms with Crippen molar-refractivity contribution < 1.29 is 23.9 Å². The van der Waals surface area contributed by atoms with Gasteiger partial charge in [0.15, 0.2) is 0 Å². The van der Waals surface area contributed by atoms with E-state index in [2.05, 4.69) is 5.32 Å². The van der Waals surface area contributed by atoms with Gasteiger partial charge >= 0.3 is 0 Å². The molecule has 39 heavy (non-hydrogen) atoms. The number of ether oxygens (including phenoxy) is 1. The third-order valence-electron chi connectivity index (χ3n) is 7.54. The molecule has 3 aromatic carbocycles. The summed E-state index contributed by atoms with van der Waals surface area (Å²) in [5.74, 6) is -0.396. The highest BCUT2D eigenvalue weighted by Gasteiger charge is 2.39. The third kappa shape index (κ3) is 4.88.